The number of carbonyl (C=O) groups is 2. The van der Waals surface area contributed by atoms with E-state index in [1.54, 1.807) is 0 Å². The minimum Gasteiger partial charge on any atom is -0.483 e. The average Bonchev–Trinajstić information content (AvgIpc) is 2.51. The number of benzene rings is 1. The van der Waals surface area contributed by atoms with Crippen molar-refractivity contribution in [3.63, 3.8) is 0 Å². The molecule has 2 amide bonds. The van der Waals surface area contributed by atoms with Gasteiger partial charge in [-0.2, -0.15) is 0 Å². The molecule has 1 aliphatic rings. The molecule has 1 aliphatic heterocycles. The van der Waals surface area contributed by atoms with Gasteiger partial charge in [-0.1, -0.05) is 11.6 Å². The van der Waals surface area contributed by atoms with Crippen molar-refractivity contribution >= 4 is 29.3 Å². The third kappa shape index (κ3) is 5.36. The molecule has 0 spiro atoms. The summed E-state index contributed by atoms with van der Waals surface area (Å²) in [4.78, 5) is 25.4. The molecule has 1 unspecified atom stereocenters. The van der Waals surface area contributed by atoms with Crippen molar-refractivity contribution in [3.05, 3.63) is 36.0 Å². The largest absolute Gasteiger partial charge is 0.483 e. The molecule has 0 bridgehead atoms. The number of likely N-dealkylation sites (tertiary alicyclic amines) is 1. The van der Waals surface area contributed by atoms with Gasteiger partial charge in [0, 0.05) is 35.3 Å². The van der Waals surface area contributed by atoms with Gasteiger partial charge in [0.25, 0.3) is 0 Å². The number of hydrogen-bond acceptors (Lipinski definition) is 3. The van der Waals surface area contributed by atoms with Crippen molar-refractivity contribution in [2.75, 3.05) is 25.0 Å². The summed E-state index contributed by atoms with van der Waals surface area (Å²) in [5.74, 6) is -1.21. The van der Waals surface area contributed by atoms with Gasteiger partial charge in [0.1, 0.15) is 5.82 Å². The van der Waals surface area contributed by atoms with Gasteiger partial charge in [-0.25, -0.2) is 9.18 Å². The molecule has 1 fully saturated rings. The Bertz CT molecular complexity index is 574. The van der Waals surface area contributed by atoms with Crippen LogP contribution in [0.15, 0.2) is 18.2 Å². The van der Waals surface area contributed by atoms with Crippen LogP contribution in [-0.4, -0.2) is 36.6 Å². The monoisotopic (exact) mass is 385 g/mol. The van der Waals surface area contributed by atoms with E-state index in [-0.39, 0.29) is 46.5 Å². The van der Waals surface area contributed by atoms with E-state index in [9.17, 15) is 14.0 Å². The average molecular weight is 386 g/mol. The molecule has 1 N–H and O–H groups in total. The van der Waals surface area contributed by atoms with Gasteiger partial charge < -0.3 is 21.9 Å². The smallest absolute Gasteiger partial charge is 0.407 e. The summed E-state index contributed by atoms with van der Waals surface area (Å²) in [5, 5.41) is 2.64. The molecule has 1 aromatic rings. The van der Waals surface area contributed by atoms with Crippen molar-refractivity contribution in [1.29, 1.82) is 0 Å². The number of ether oxygens (including phenoxy) is 1. The van der Waals surface area contributed by atoms with Crippen LogP contribution < -0.4 is 5.32 Å². The van der Waals surface area contributed by atoms with E-state index in [1.807, 2.05) is 0 Å². The van der Waals surface area contributed by atoms with E-state index in [0.717, 1.165) is 6.07 Å². The maximum absolute atomic E-state index is 13.4. The minimum atomic E-state index is -0.594. The van der Waals surface area contributed by atoms with Crippen LogP contribution in [0.3, 0.4) is 0 Å². The molecular weight excluding hydrogens is 369 g/mol. The molecule has 1 atom stereocenters. The molecule has 0 aromatic heterocycles. The molecule has 130 valence electrons. The van der Waals surface area contributed by atoms with Crippen molar-refractivity contribution in [1.82, 2.24) is 4.90 Å². The number of hydrogen-bond donors (Lipinski definition) is 1. The second kappa shape index (κ2) is 9.09. The molecule has 1 heterocycles. The van der Waals surface area contributed by atoms with E-state index in [0.29, 0.717) is 25.1 Å². The molecule has 5 nitrogen and oxygen atoms in total. The number of rotatable bonds is 3. The predicted molar refractivity (Wildman–Crippen MR) is 81.0 cm³/mol. The van der Waals surface area contributed by atoms with Crippen LogP contribution in [0.5, 0.6) is 0 Å². The van der Waals surface area contributed by atoms with Crippen molar-refractivity contribution in [3.8, 4) is 0 Å². The van der Waals surface area contributed by atoms with Crippen LogP contribution in [0.1, 0.15) is 12.8 Å². The zero-order valence-corrected chi connectivity index (χ0v) is 14.0. The Labute approximate surface area is 149 Å². The van der Waals surface area contributed by atoms with Crippen LogP contribution in [0.4, 0.5) is 14.9 Å². The number of amides is 2. The number of piperidine rings is 1. The number of carbonyl (C=O) groups excluding carboxylic acids is 2. The molecule has 23 heavy (non-hydrogen) atoms. The van der Waals surface area contributed by atoms with E-state index >= 15 is 0 Å². The molecular formula is C15H17ClFN2NiO3-. The fraction of sp³-hybridized carbons (Fsp3) is 0.400. The fourth-order valence-corrected chi connectivity index (χ4v) is 2.47. The number of nitrogens with zero attached hydrogens (tertiary/aromatic N) is 1. The first-order chi connectivity index (χ1) is 10.5. The van der Waals surface area contributed by atoms with Gasteiger partial charge in [0.2, 0.25) is 5.91 Å². The second-order valence-electron chi connectivity index (χ2n) is 5.02. The number of halogens is 2. The van der Waals surface area contributed by atoms with Crippen LogP contribution in [-0.2, 0) is 26.0 Å². The van der Waals surface area contributed by atoms with Gasteiger partial charge in [-0.05, 0) is 37.6 Å². The number of anilines is 1. The predicted octanol–water partition coefficient (Wildman–Crippen LogP) is 3.10. The molecule has 2 rings (SSSR count). The van der Waals surface area contributed by atoms with Crippen molar-refractivity contribution in [2.45, 2.75) is 12.8 Å². The third-order valence-corrected chi connectivity index (χ3v) is 3.77. The van der Waals surface area contributed by atoms with E-state index in [1.165, 1.54) is 17.0 Å². The second-order valence-corrected chi connectivity index (χ2v) is 5.42. The van der Waals surface area contributed by atoms with Gasteiger partial charge in [0.05, 0.1) is 10.9 Å². The third-order valence-electron chi connectivity index (χ3n) is 3.46. The summed E-state index contributed by atoms with van der Waals surface area (Å²) in [6.07, 6.45) is 0.903. The normalized spacial score (nSPS) is 17.2. The van der Waals surface area contributed by atoms with Crippen LogP contribution in [0.2, 0.25) is 5.02 Å². The zero-order chi connectivity index (χ0) is 16.1. The van der Waals surface area contributed by atoms with Crippen LogP contribution in [0, 0.1) is 18.7 Å². The molecule has 0 saturated carbocycles. The first-order valence-corrected chi connectivity index (χ1v) is 7.36. The Balaban J connectivity index is 0.00000264. The van der Waals surface area contributed by atoms with Crippen LogP contribution in [0.25, 0.3) is 0 Å². The van der Waals surface area contributed by atoms with E-state index in [2.05, 4.69) is 12.2 Å². The van der Waals surface area contributed by atoms with Crippen LogP contribution >= 0.6 is 11.6 Å². The standard InChI is InChI=1S/C15H17ClFN2O3.Ni/c1-2-22-15(21)19-7-3-4-10(9-19)14(20)18-11-5-6-12(16)13(17)8-11;/h5-6,8,10H,1-4,7,9H2,(H,18,20);/q-1;. The Morgan fingerprint density at radius 3 is 2.87 bits per heavy atom. The first kappa shape index (κ1) is 19.7. The maximum atomic E-state index is 13.4. The molecule has 1 aromatic carbocycles. The Morgan fingerprint density at radius 1 is 1.48 bits per heavy atom. The van der Waals surface area contributed by atoms with Gasteiger partial charge >= 0.3 is 6.09 Å². The van der Waals surface area contributed by atoms with E-state index < -0.39 is 11.9 Å². The number of nitrogens with one attached hydrogen (secondary N) is 1. The Kier molecular flexibility index (Phi) is 7.79. The van der Waals surface area contributed by atoms with Gasteiger partial charge in [-0.15, -0.1) is 0 Å². The summed E-state index contributed by atoms with van der Waals surface area (Å²) in [6.45, 7) is 4.33. The fourth-order valence-electron chi connectivity index (χ4n) is 2.35. The van der Waals surface area contributed by atoms with Crippen molar-refractivity contribution < 1.29 is 35.2 Å². The minimum absolute atomic E-state index is 0. The quantitative estimate of drug-likeness (QED) is 0.642. The molecule has 8 heteroatoms. The summed E-state index contributed by atoms with van der Waals surface area (Å²) < 4.78 is 18.2. The summed E-state index contributed by atoms with van der Waals surface area (Å²) in [7, 11) is 0. The SMILES string of the molecule is [CH2-]COC(=O)N1CCCC(C(=O)Nc2ccc(Cl)c(F)c2)C1.[Ni]. The van der Waals surface area contributed by atoms with Gasteiger partial charge in [-0.3, -0.25) is 4.79 Å². The summed E-state index contributed by atoms with van der Waals surface area (Å²) >= 11 is 5.60. The summed E-state index contributed by atoms with van der Waals surface area (Å²) in [5.41, 5.74) is 0.337. The maximum Gasteiger partial charge on any atom is 0.407 e. The molecule has 0 aliphatic carbocycles. The molecule has 0 radical (unpaired) electrons. The Morgan fingerprint density at radius 2 is 2.22 bits per heavy atom. The van der Waals surface area contributed by atoms with E-state index in [4.69, 9.17) is 16.3 Å². The Hall–Kier alpha value is -1.33. The zero-order valence-electron chi connectivity index (χ0n) is 12.3. The molecule has 1 saturated heterocycles. The van der Waals surface area contributed by atoms with Crippen molar-refractivity contribution in [2.24, 2.45) is 5.92 Å². The first-order valence-electron chi connectivity index (χ1n) is 6.98. The topological polar surface area (TPSA) is 58.6 Å². The van der Waals surface area contributed by atoms with Gasteiger partial charge in [0.15, 0.2) is 0 Å². The summed E-state index contributed by atoms with van der Waals surface area (Å²) in [6, 6.07) is 4.07.